The van der Waals surface area contributed by atoms with Crippen molar-refractivity contribution in [1.29, 1.82) is 0 Å². The molecule has 0 bridgehead atoms. The topological polar surface area (TPSA) is 75.6 Å². The minimum atomic E-state index is -2.51. The summed E-state index contributed by atoms with van der Waals surface area (Å²) < 4.78 is 28.2. The average molecular weight is 293 g/mol. The van der Waals surface area contributed by atoms with Crippen LogP contribution in [0.5, 0.6) is 0 Å². The van der Waals surface area contributed by atoms with E-state index in [9.17, 15) is 18.4 Å². The van der Waals surface area contributed by atoms with Gasteiger partial charge in [-0.1, -0.05) is 0 Å². The van der Waals surface area contributed by atoms with Crippen molar-refractivity contribution in [3.05, 3.63) is 0 Å². The number of carbonyl (C=O) groups excluding carboxylic acids is 1. The molecule has 0 heterocycles. The fourth-order valence-electron chi connectivity index (χ4n) is 2.30. The first-order valence-corrected chi connectivity index (χ1v) is 6.84. The van der Waals surface area contributed by atoms with Gasteiger partial charge in [0.05, 0.1) is 12.5 Å². The minimum absolute atomic E-state index is 0.0120. The zero-order valence-electron chi connectivity index (χ0n) is 11.3. The standard InChI is InChI=1S/C13H21F2NO4/c14-11(15)8-20-6-5-12(17)16-7-9-1-3-10(4-2-9)13(18)19/h9-11H,1-8H2,(H,16,17)(H,18,19). The zero-order chi connectivity index (χ0) is 15.0. The maximum absolute atomic E-state index is 11.8. The summed E-state index contributed by atoms with van der Waals surface area (Å²) in [4.78, 5) is 22.2. The molecule has 116 valence electrons. The van der Waals surface area contributed by atoms with Crippen molar-refractivity contribution in [3.8, 4) is 0 Å². The Hall–Kier alpha value is -1.24. The number of hydrogen-bond acceptors (Lipinski definition) is 3. The molecule has 0 aromatic heterocycles. The van der Waals surface area contributed by atoms with Gasteiger partial charge in [-0.15, -0.1) is 0 Å². The largest absolute Gasteiger partial charge is 0.481 e. The van der Waals surface area contributed by atoms with Crippen molar-refractivity contribution in [2.24, 2.45) is 11.8 Å². The molecule has 20 heavy (non-hydrogen) atoms. The number of alkyl halides is 2. The Morgan fingerprint density at radius 2 is 1.90 bits per heavy atom. The summed E-state index contributed by atoms with van der Waals surface area (Å²) in [6, 6.07) is 0. The van der Waals surface area contributed by atoms with E-state index in [4.69, 9.17) is 5.11 Å². The molecule has 1 aliphatic carbocycles. The van der Waals surface area contributed by atoms with Gasteiger partial charge in [0.25, 0.3) is 6.43 Å². The number of halogens is 2. The minimum Gasteiger partial charge on any atom is -0.481 e. The summed E-state index contributed by atoms with van der Waals surface area (Å²) in [5.41, 5.74) is 0. The third kappa shape index (κ3) is 6.79. The SMILES string of the molecule is O=C(CCOCC(F)F)NCC1CCC(C(=O)O)CC1. The number of carbonyl (C=O) groups is 2. The first-order chi connectivity index (χ1) is 9.49. The summed E-state index contributed by atoms with van der Waals surface area (Å²) in [6.45, 7) is -0.144. The zero-order valence-corrected chi connectivity index (χ0v) is 11.3. The van der Waals surface area contributed by atoms with Crippen molar-refractivity contribution >= 4 is 11.9 Å². The smallest absolute Gasteiger partial charge is 0.306 e. The van der Waals surface area contributed by atoms with Gasteiger partial charge < -0.3 is 15.2 Å². The molecule has 0 aromatic rings. The van der Waals surface area contributed by atoms with E-state index in [0.717, 1.165) is 12.8 Å². The molecular formula is C13H21F2NO4. The lowest BCUT2D eigenvalue weighted by molar-refractivity contribution is -0.143. The van der Waals surface area contributed by atoms with Crippen LogP contribution in [0.25, 0.3) is 0 Å². The van der Waals surface area contributed by atoms with Crippen LogP contribution in [0.1, 0.15) is 32.1 Å². The first kappa shape index (κ1) is 16.8. The van der Waals surface area contributed by atoms with Gasteiger partial charge in [0.1, 0.15) is 6.61 Å². The molecule has 0 spiro atoms. The number of amides is 1. The summed E-state index contributed by atoms with van der Waals surface area (Å²) >= 11 is 0. The van der Waals surface area contributed by atoms with Crippen molar-refractivity contribution in [1.82, 2.24) is 5.32 Å². The number of rotatable bonds is 8. The van der Waals surface area contributed by atoms with E-state index in [2.05, 4.69) is 10.1 Å². The molecule has 2 N–H and O–H groups in total. The predicted octanol–water partition coefficient (Wildman–Crippen LogP) is 1.67. The molecule has 0 radical (unpaired) electrons. The Kier molecular flexibility index (Phi) is 7.43. The van der Waals surface area contributed by atoms with Crippen LogP contribution in [0.2, 0.25) is 0 Å². The molecule has 1 aliphatic rings. The molecule has 0 aliphatic heterocycles. The normalized spacial score (nSPS) is 22.8. The number of nitrogens with one attached hydrogen (secondary N) is 1. The van der Waals surface area contributed by atoms with Gasteiger partial charge >= 0.3 is 5.97 Å². The van der Waals surface area contributed by atoms with Gasteiger partial charge in [-0.2, -0.15) is 0 Å². The monoisotopic (exact) mass is 293 g/mol. The Morgan fingerprint density at radius 1 is 1.25 bits per heavy atom. The summed E-state index contributed by atoms with van der Waals surface area (Å²) in [5.74, 6) is -0.926. The molecule has 0 aromatic carbocycles. The Balaban J connectivity index is 2.06. The Labute approximate surface area is 116 Å². The second-order valence-electron chi connectivity index (χ2n) is 5.08. The molecule has 1 amide bonds. The summed E-state index contributed by atoms with van der Waals surface area (Å²) in [7, 11) is 0. The average Bonchev–Trinajstić information content (AvgIpc) is 2.41. The first-order valence-electron chi connectivity index (χ1n) is 6.84. The fraction of sp³-hybridized carbons (Fsp3) is 0.846. The van der Waals surface area contributed by atoms with Crippen molar-refractivity contribution < 1.29 is 28.2 Å². The van der Waals surface area contributed by atoms with Crippen LogP contribution in [0.4, 0.5) is 8.78 Å². The molecule has 1 rings (SSSR count). The Morgan fingerprint density at radius 3 is 2.45 bits per heavy atom. The predicted molar refractivity (Wildman–Crippen MR) is 67.5 cm³/mol. The van der Waals surface area contributed by atoms with Crippen LogP contribution in [0.15, 0.2) is 0 Å². The van der Waals surface area contributed by atoms with Crippen molar-refractivity contribution in [2.45, 2.75) is 38.5 Å². The van der Waals surface area contributed by atoms with Crippen LogP contribution in [0.3, 0.4) is 0 Å². The maximum atomic E-state index is 11.8. The van der Waals surface area contributed by atoms with E-state index in [-0.39, 0.29) is 24.9 Å². The highest BCUT2D eigenvalue weighted by atomic mass is 19.3. The molecule has 0 saturated heterocycles. The number of carboxylic acid groups (broad SMARTS) is 1. The molecule has 0 unspecified atom stereocenters. The second-order valence-corrected chi connectivity index (χ2v) is 5.08. The second kappa shape index (κ2) is 8.84. The van der Waals surface area contributed by atoms with Gasteiger partial charge in [-0.05, 0) is 31.6 Å². The van der Waals surface area contributed by atoms with Gasteiger partial charge in [0.2, 0.25) is 5.91 Å². The molecule has 7 heteroatoms. The van der Waals surface area contributed by atoms with Crippen molar-refractivity contribution in [2.75, 3.05) is 19.8 Å². The lowest BCUT2D eigenvalue weighted by atomic mass is 9.82. The van der Waals surface area contributed by atoms with Crippen LogP contribution in [-0.4, -0.2) is 43.2 Å². The summed E-state index contributed by atoms with van der Waals surface area (Å²) in [5, 5.41) is 11.6. The third-order valence-corrected chi connectivity index (χ3v) is 3.50. The van der Waals surface area contributed by atoms with Gasteiger partial charge in [-0.3, -0.25) is 9.59 Å². The highest BCUT2D eigenvalue weighted by Gasteiger charge is 2.25. The van der Waals surface area contributed by atoms with Crippen LogP contribution >= 0.6 is 0 Å². The fourth-order valence-corrected chi connectivity index (χ4v) is 2.30. The van der Waals surface area contributed by atoms with Gasteiger partial charge in [-0.25, -0.2) is 8.78 Å². The molecular weight excluding hydrogens is 272 g/mol. The lowest BCUT2D eigenvalue weighted by Gasteiger charge is -2.26. The van der Waals surface area contributed by atoms with E-state index < -0.39 is 19.0 Å². The lowest BCUT2D eigenvalue weighted by Crippen LogP contribution is -2.32. The van der Waals surface area contributed by atoms with Gasteiger partial charge in [0.15, 0.2) is 0 Å². The summed E-state index contributed by atoms with van der Waals surface area (Å²) in [6.07, 6.45) is 0.429. The Bertz CT molecular complexity index is 317. The van der Waals surface area contributed by atoms with E-state index in [1.54, 1.807) is 0 Å². The maximum Gasteiger partial charge on any atom is 0.306 e. The number of carboxylic acids is 1. The van der Waals surface area contributed by atoms with E-state index in [1.165, 1.54) is 0 Å². The highest BCUT2D eigenvalue weighted by molar-refractivity contribution is 5.75. The quantitative estimate of drug-likeness (QED) is 0.667. The number of ether oxygens (including phenoxy) is 1. The highest BCUT2D eigenvalue weighted by Crippen LogP contribution is 2.28. The van der Waals surface area contributed by atoms with E-state index in [1.807, 2.05) is 0 Å². The molecule has 1 saturated carbocycles. The van der Waals surface area contributed by atoms with Gasteiger partial charge in [0, 0.05) is 13.0 Å². The molecule has 1 fully saturated rings. The molecule has 5 nitrogen and oxygen atoms in total. The number of aliphatic carboxylic acids is 1. The third-order valence-electron chi connectivity index (χ3n) is 3.50. The van der Waals surface area contributed by atoms with E-state index in [0.29, 0.717) is 25.3 Å². The molecule has 0 atom stereocenters. The van der Waals surface area contributed by atoms with Crippen molar-refractivity contribution in [3.63, 3.8) is 0 Å². The van der Waals surface area contributed by atoms with E-state index >= 15 is 0 Å². The van der Waals surface area contributed by atoms with Crippen LogP contribution in [0, 0.1) is 11.8 Å². The van der Waals surface area contributed by atoms with Crippen LogP contribution < -0.4 is 5.32 Å². The van der Waals surface area contributed by atoms with Crippen LogP contribution in [-0.2, 0) is 14.3 Å². The number of hydrogen-bond donors (Lipinski definition) is 2.